The average molecular weight is 306 g/mol. The summed E-state index contributed by atoms with van der Waals surface area (Å²) in [5.74, 6) is 2.05. The van der Waals surface area contributed by atoms with Crippen LogP contribution < -0.4 is 10.5 Å². The summed E-state index contributed by atoms with van der Waals surface area (Å²) in [6.07, 6.45) is 2.05. The number of rotatable bonds is 4. The van der Waals surface area contributed by atoms with E-state index in [1.54, 1.807) is 17.8 Å². The van der Waals surface area contributed by atoms with Gasteiger partial charge in [-0.05, 0) is 41.8 Å². The van der Waals surface area contributed by atoms with Crippen molar-refractivity contribution >= 4 is 29.1 Å². The van der Waals surface area contributed by atoms with Gasteiger partial charge in [-0.2, -0.15) is 0 Å². The van der Waals surface area contributed by atoms with Gasteiger partial charge in [-0.1, -0.05) is 23.7 Å². The quantitative estimate of drug-likeness (QED) is 0.679. The molecule has 0 unspecified atom stereocenters. The number of nitrogen functional groups attached to an aromatic ring is 1. The summed E-state index contributed by atoms with van der Waals surface area (Å²) < 4.78 is 5.52. The Hall–Kier alpha value is -1.32. The SMILES string of the molecule is Nc1ccc(SCCc2ccc3c(c2)CCO3)c(Cl)c1. The minimum absolute atomic E-state index is 0.706. The molecule has 4 heteroatoms. The van der Waals surface area contributed by atoms with E-state index in [-0.39, 0.29) is 0 Å². The van der Waals surface area contributed by atoms with Crippen LogP contribution in [0, 0.1) is 0 Å². The molecule has 0 saturated carbocycles. The molecule has 0 radical (unpaired) electrons. The summed E-state index contributed by atoms with van der Waals surface area (Å²) in [6, 6.07) is 12.2. The van der Waals surface area contributed by atoms with Crippen LogP contribution in [0.25, 0.3) is 0 Å². The largest absolute Gasteiger partial charge is 0.493 e. The molecule has 1 aliphatic rings. The van der Waals surface area contributed by atoms with Crippen LogP contribution in [-0.4, -0.2) is 12.4 Å². The highest BCUT2D eigenvalue weighted by atomic mass is 35.5. The van der Waals surface area contributed by atoms with Gasteiger partial charge in [0.1, 0.15) is 5.75 Å². The number of benzene rings is 2. The summed E-state index contributed by atoms with van der Waals surface area (Å²) in [5, 5.41) is 0.734. The van der Waals surface area contributed by atoms with Gasteiger partial charge in [0, 0.05) is 22.8 Å². The smallest absolute Gasteiger partial charge is 0.122 e. The number of ether oxygens (including phenoxy) is 1. The molecule has 2 N–H and O–H groups in total. The fraction of sp³-hybridized carbons (Fsp3) is 0.250. The Morgan fingerprint density at radius 3 is 2.95 bits per heavy atom. The second-order valence-electron chi connectivity index (χ2n) is 4.83. The van der Waals surface area contributed by atoms with Gasteiger partial charge < -0.3 is 10.5 Å². The molecule has 0 saturated heterocycles. The molecule has 0 bridgehead atoms. The molecular formula is C16H16ClNOS. The number of hydrogen-bond acceptors (Lipinski definition) is 3. The number of nitrogens with two attached hydrogens (primary N) is 1. The first-order valence-corrected chi connectivity index (χ1v) is 8.01. The van der Waals surface area contributed by atoms with E-state index >= 15 is 0 Å². The van der Waals surface area contributed by atoms with E-state index in [1.807, 2.05) is 12.1 Å². The molecule has 0 fully saturated rings. The lowest BCUT2D eigenvalue weighted by atomic mass is 10.1. The third-order valence-corrected chi connectivity index (χ3v) is 4.86. The average Bonchev–Trinajstić information content (AvgIpc) is 2.89. The maximum atomic E-state index is 6.17. The molecule has 2 nitrogen and oxygen atoms in total. The predicted octanol–water partition coefficient (Wildman–Crippen LogP) is 4.19. The Kier molecular flexibility index (Phi) is 4.08. The summed E-state index contributed by atoms with van der Waals surface area (Å²) in [7, 11) is 0. The molecule has 104 valence electrons. The maximum absolute atomic E-state index is 6.17. The number of thioether (sulfide) groups is 1. The molecule has 2 aromatic rings. The normalized spacial score (nSPS) is 13.1. The first-order valence-electron chi connectivity index (χ1n) is 6.65. The van der Waals surface area contributed by atoms with Crippen LogP contribution in [0.2, 0.25) is 5.02 Å². The highest BCUT2D eigenvalue weighted by molar-refractivity contribution is 7.99. The predicted molar refractivity (Wildman–Crippen MR) is 85.9 cm³/mol. The molecule has 0 aromatic heterocycles. The standard InChI is InChI=1S/C16H16ClNOS/c17-14-10-13(18)2-4-16(14)20-8-6-11-1-3-15-12(9-11)5-7-19-15/h1-4,9-10H,5-8,18H2. The molecule has 0 spiro atoms. The van der Waals surface area contributed by atoms with Crippen LogP contribution in [0.15, 0.2) is 41.3 Å². The van der Waals surface area contributed by atoms with E-state index in [4.69, 9.17) is 22.1 Å². The number of anilines is 1. The van der Waals surface area contributed by atoms with Gasteiger partial charge >= 0.3 is 0 Å². The van der Waals surface area contributed by atoms with Gasteiger partial charge in [-0.3, -0.25) is 0 Å². The maximum Gasteiger partial charge on any atom is 0.122 e. The molecule has 1 heterocycles. The fourth-order valence-corrected chi connectivity index (χ4v) is 3.58. The van der Waals surface area contributed by atoms with E-state index in [0.717, 1.165) is 40.9 Å². The first kappa shape index (κ1) is 13.7. The number of halogens is 1. The van der Waals surface area contributed by atoms with Crippen molar-refractivity contribution in [2.75, 3.05) is 18.1 Å². The Bertz CT molecular complexity index is 630. The van der Waals surface area contributed by atoms with Crippen molar-refractivity contribution in [1.29, 1.82) is 0 Å². The van der Waals surface area contributed by atoms with E-state index < -0.39 is 0 Å². The van der Waals surface area contributed by atoms with Crippen LogP contribution in [0.1, 0.15) is 11.1 Å². The highest BCUT2D eigenvalue weighted by Crippen LogP contribution is 2.30. The number of fused-ring (bicyclic) bond motifs is 1. The summed E-state index contributed by atoms with van der Waals surface area (Å²) >= 11 is 7.94. The lowest BCUT2D eigenvalue weighted by Gasteiger charge is -2.06. The van der Waals surface area contributed by atoms with Crippen molar-refractivity contribution in [2.24, 2.45) is 0 Å². The lowest BCUT2D eigenvalue weighted by Crippen LogP contribution is -1.91. The Morgan fingerprint density at radius 1 is 1.20 bits per heavy atom. The lowest BCUT2D eigenvalue weighted by molar-refractivity contribution is 0.357. The van der Waals surface area contributed by atoms with Gasteiger partial charge in [0.15, 0.2) is 0 Å². The van der Waals surface area contributed by atoms with Gasteiger partial charge in [-0.25, -0.2) is 0 Å². The van der Waals surface area contributed by atoms with Crippen LogP contribution in [-0.2, 0) is 12.8 Å². The van der Waals surface area contributed by atoms with E-state index in [2.05, 4.69) is 18.2 Å². The molecule has 0 atom stereocenters. The van der Waals surface area contributed by atoms with Crippen LogP contribution in [0.5, 0.6) is 5.75 Å². The zero-order chi connectivity index (χ0) is 13.9. The molecule has 0 aliphatic carbocycles. The van der Waals surface area contributed by atoms with Gasteiger partial charge in [-0.15, -0.1) is 11.8 Å². The van der Waals surface area contributed by atoms with Crippen molar-refractivity contribution < 1.29 is 4.74 Å². The number of hydrogen-bond donors (Lipinski definition) is 1. The van der Waals surface area contributed by atoms with Crippen LogP contribution in [0.4, 0.5) is 5.69 Å². The minimum atomic E-state index is 0.706. The first-order chi connectivity index (χ1) is 9.72. The fourth-order valence-electron chi connectivity index (χ4n) is 2.31. The Balaban J connectivity index is 1.60. The zero-order valence-electron chi connectivity index (χ0n) is 11.1. The second-order valence-corrected chi connectivity index (χ2v) is 6.37. The van der Waals surface area contributed by atoms with E-state index in [0.29, 0.717) is 5.69 Å². The topological polar surface area (TPSA) is 35.2 Å². The van der Waals surface area contributed by atoms with Crippen molar-refractivity contribution in [1.82, 2.24) is 0 Å². The summed E-state index contributed by atoms with van der Waals surface area (Å²) in [6.45, 7) is 0.814. The van der Waals surface area contributed by atoms with Gasteiger partial charge in [0.25, 0.3) is 0 Å². The van der Waals surface area contributed by atoms with E-state index in [9.17, 15) is 0 Å². The summed E-state index contributed by atoms with van der Waals surface area (Å²) in [5.41, 5.74) is 9.09. The van der Waals surface area contributed by atoms with Gasteiger partial charge in [0.2, 0.25) is 0 Å². The minimum Gasteiger partial charge on any atom is -0.493 e. The molecule has 2 aromatic carbocycles. The number of aryl methyl sites for hydroxylation is 1. The van der Waals surface area contributed by atoms with Crippen molar-refractivity contribution in [3.8, 4) is 5.75 Å². The van der Waals surface area contributed by atoms with Crippen LogP contribution in [0.3, 0.4) is 0 Å². The third kappa shape index (κ3) is 3.05. The van der Waals surface area contributed by atoms with Gasteiger partial charge in [0.05, 0.1) is 11.6 Å². The Morgan fingerprint density at radius 2 is 2.10 bits per heavy atom. The molecular weight excluding hydrogens is 290 g/mol. The van der Waals surface area contributed by atoms with Crippen LogP contribution >= 0.6 is 23.4 Å². The van der Waals surface area contributed by atoms with Crippen molar-refractivity contribution in [3.05, 3.63) is 52.5 Å². The molecule has 20 heavy (non-hydrogen) atoms. The second kappa shape index (κ2) is 5.98. The van der Waals surface area contributed by atoms with Crippen molar-refractivity contribution in [3.63, 3.8) is 0 Å². The summed E-state index contributed by atoms with van der Waals surface area (Å²) in [4.78, 5) is 1.09. The molecule has 3 rings (SSSR count). The Labute approximate surface area is 128 Å². The molecule has 0 amide bonds. The highest BCUT2D eigenvalue weighted by Gasteiger charge is 2.11. The molecule has 1 aliphatic heterocycles. The van der Waals surface area contributed by atoms with Crippen molar-refractivity contribution in [2.45, 2.75) is 17.7 Å². The third-order valence-electron chi connectivity index (χ3n) is 3.36. The zero-order valence-corrected chi connectivity index (χ0v) is 12.6. The monoisotopic (exact) mass is 305 g/mol. The van der Waals surface area contributed by atoms with E-state index in [1.165, 1.54) is 11.1 Å².